The summed E-state index contributed by atoms with van der Waals surface area (Å²) in [5.74, 6) is 0.568. The molecule has 1 aliphatic heterocycles. The first kappa shape index (κ1) is 15.4. The first-order valence-electron chi connectivity index (χ1n) is 6.71. The van der Waals surface area contributed by atoms with Gasteiger partial charge in [-0.3, -0.25) is 4.79 Å². The van der Waals surface area contributed by atoms with Crippen molar-refractivity contribution >= 4 is 17.3 Å². The lowest BCUT2D eigenvalue weighted by atomic mass is 9.93. The van der Waals surface area contributed by atoms with Crippen LogP contribution in [-0.2, 0) is 4.79 Å². The molecular formula is C16H16N4O2. The van der Waals surface area contributed by atoms with Crippen LogP contribution in [0.3, 0.4) is 0 Å². The molecule has 0 bridgehead atoms. The molecule has 1 aromatic carbocycles. The minimum absolute atomic E-state index is 0.0110. The minimum Gasteiger partial charge on any atom is -0.490 e. The van der Waals surface area contributed by atoms with Crippen LogP contribution in [0.25, 0.3) is 0 Å². The van der Waals surface area contributed by atoms with E-state index in [0.717, 1.165) is 0 Å². The number of amides is 1. The Kier molecular flexibility index (Phi) is 4.05. The quantitative estimate of drug-likeness (QED) is 0.846. The number of nitrogens with one attached hydrogen (secondary N) is 1. The molecule has 1 aromatic rings. The fraction of sp³-hybridized carbons (Fsp3) is 0.312. The number of rotatable bonds is 2. The van der Waals surface area contributed by atoms with Crippen LogP contribution >= 0.6 is 0 Å². The Morgan fingerprint density at radius 1 is 1.41 bits per heavy atom. The molecule has 0 aliphatic carbocycles. The SMILES string of the molecule is CN1C(=O)C(C)(C)COc2cc(NC=C(C#N)C#N)ccc21. The molecule has 0 saturated carbocycles. The Balaban J connectivity index is 2.32. The molecule has 22 heavy (non-hydrogen) atoms. The molecule has 1 aliphatic rings. The van der Waals surface area contributed by atoms with Gasteiger partial charge in [-0.2, -0.15) is 10.5 Å². The van der Waals surface area contributed by atoms with Crippen LogP contribution in [0.1, 0.15) is 13.8 Å². The normalized spacial score (nSPS) is 15.5. The fourth-order valence-corrected chi connectivity index (χ4v) is 2.12. The predicted molar refractivity (Wildman–Crippen MR) is 82.1 cm³/mol. The van der Waals surface area contributed by atoms with Crippen LogP contribution in [0.15, 0.2) is 30.0 Å². The predicted octanol–water partition coefficient (Wildman–Crippen LogP) is 2.41. The van der Waals surface area contributed by atoms with E-state index in [4.69, 9.17) is 15.3 Å². The smallest absolute Gasteiger partial charge is 0.235 e. The fourth-order valence-electron chi connectivity index (χ4n) is 2.12. The summed E-state index contributed by atoms with van der Waals surface area (Å²) < 4.78 is 5.75. The van der Waals surface area contributed by atoms with E-state index in [1.807, 2.05) is 13.8 Å². The molecule has 1 heterocycles. The van der Waals surface area contributed by atoms with Crippen molar-refractivity contribution in [2.75, 3.05) is 23.9 Å². The second kappa shape index (κ2) is 5.79. The van der Waals surface area contributed by atoms with Gasteiger partial charge in [0, 0.05) is 25.0 Å². The number of fused-ring (bicyclic) bond motifs is 1. The number of benzene rings is 1. The molecule has 0 unspecified atom stereocenters. The number of anilines is 2. The highest BCUT2D eigenvalue weighted by Crippen LogP contribution is 2.37. The molecule has 0 spiro atoms. The van der Waals surface area contributed by atoms with Gasteiger partial charge in [-0.05, 0) is 26.0 Å². The minimum atomic E-state index is -0.601. The van der Waals surface area contributed by atoms with Gasteiger partial charge in [0.2, 0.25) is 5.91 Å². The summed E-state index contributed by atoms with van der Waals surface area (Å²) in [6, 6.07) is 8.81. The van der Waals surface area contributed by atoms with E-state index >= 15 is 0 Å². The molecule has 6 heteroatoms. The van der Waals surface area contributed by atoms with Crippen molar-refractivity contribution < 1.29 is 9.53 Å². The number of nitrogens with zero attached hydrogens (tertiary/aromatic N) is 3. The van der Waals surface area contributed by atoms with E-state index in [-0.39, 0.29) is 18.1 Å². The number of hydrogen-bond acceptors (Lipinski definition) is 5. The van der Waals surface area contributed by atoms with E-state index in [2.05, 4.69) is 5.32 Å². The third kappa shape index (κ3) is 2.87. The molecule has 0 atom stereocenters. The zero-order valence-electron chi connectivity index (χ0n) is 12.7. The Labute approximate surface area is 129 Å². The van der Waals surface area contributed by atoms with Gasteiger partial charge >= 0.3 is 0 Å². The summed E-state index contributed by atoms with van der Waals surface area (Å²) in [5.41, 5.74) is 0.730. The zero-order chi connectivity index (χ0) is 16.3. The van der Waals surface area contributed by atoms with Crippen LogP contribution in [0.4, 0.5) is 11.4 Å². The van der Waals surface area contributed by atoms with Crippen molar-refractivity contribution in [1.29, 1.82) is 10.5 Å². The first-order chi connectivity index (χ1) is 10.4. The van der Waals surface area contributed by atoms with Crippen molar-refractivity contribution in [3.8, 4) is 17.9 Å². The number of hydrogen-bond donors (Lipinski definition) is 1. The van der Waals surface area contributed by atoms with Crippen LogP contribution in [-0.4, -0.2) is 19.6 Å². The van der Waals surface area contributed by atoms with Gasteiger partial charge in [0.25, 0.3) is 0 Å². The molecule has 0 radical (unpaired) electrons. The summed E-state index contributed by atoms with van der Waals surface area (Å²) in [4.78, 5) is 13.9. The summed E-state index contributed by atoms with van der Waals surface area (Å²) >= 11 is 0. The van der Waals surface area contributed by atoms with Gasteiger partial charge in [-0.15, -0.1) is 0 Å². The molecule has 0 aromatic heterocycles. The highest BCUT2D eigenvalue weighted by atomic mass is 16.5. The van der Waals surface area contributed by atoms with Crippen LogP contribution < -0.4 is 15.0 Å². The Morgan fingerprint density at radius 3 is 2.73 bits per heavy atom. The van der Waals surface area contributed by atoms with E-state index in [0.29, 0.717) is 17.1 Å². The maximum atomic E-state index is 12.4. The van der Waals surface area contributed by atoms with E-state index in [1.54, 1.807) is 42.3 Å². The number of ether oxygens (including phenoxy) is 1. The van der Waals surface area contributed by atoms with Gasteiger partial charge in [-0.1, -0.05) is 0 Å². The topological polar surface area (TPSA) is 89.2 Å². The molecule has 2 rings (SSSR count). The molecule has 1 N–H and O–H groups in total. The zero-order valence-corrected chi connectivity index (χ0v) is 12.7. The van der Waals surface area contributed by atoms with Crippen molar-refractivity contribution in [3.05, 3.63) is 30.0 Å². The van der Waals surface area contributed by atoms with Gasteiger partial charge < -0.3 is 15.0 Å². The third-order valence-electron chi connectivity index (χ3n) is 3.42. The van der Waals surface area contributed by atoms with E-state index < -0.39 is 5.41 Å². The maximum absolute atomic E-state index is 12.4. The molecule has 112 valence electrons. The summed E-state index contributed by atoms with van der Waals surface area (Å²) in [5, 5.41) is 20.3. The average molecular weight is 296 g/mol. The summed E-state index contributed by atoms with van der Waals surface area (Å²) in [6.45, 7) is 3.96. The largest absolute Gasteiger partial charge is 0.490 e. The number of carbonyl (C=O) groups is 1. The Bertz CT molecular complexity index is 707. The first-order valence-corrected chi connectivity index (χ1v) is 6.71. The van der Waals surface area contributed by atoms with Crippen molar-refractivity contribution in [1.82, 2.24) is 0 Å². The summed E-state index contributed by atoms with van der Waals surface area (Å²) in [7, 11) is 1.72. The highest BCUT2D eigenvalue weighted by Gasteiger charge is 2.35. The Hall–Kier alpha value is -2.99. The van der Waals surface area contributed by atoms with Gasteiger partial charge in [-0.25, -0.2) is 0 Å². The summed E-state index contributed by atoms with van der Waals surface area (Å²) in [6.07, 6.45) is 1.33. The van der Waals surface area contributed by atoms with Crippen molar-refractivity contribution in [3.63, 3.8) is 0 Å². The number of allylic oxidation sites excluding steroid dienone is 1. The average Bonchev–Trinajstić information content (AvgIpc) is 2.59. The van der Waals surface area contributed by atoms with Crippen molar-refractivity contribution in [2.24, 2.45) is 5.41 Å². The molecule has 0 saturated heterocycles. The standard InChI is InChI=1S/C16H16N4O2/c1-16(2)10-22-14-6-12(19-9-11(7-17)8-18)4-5-13(14)20(3)15(16)21/h4-6,9,19H,10H2,1-3H3. The molecular weight excluding hydrogens is 280 g/mol. The maximum Gasteiger partial charge on any atom is 0.235 e. The third-order valence-corrected chi connectivity index (χ3v) is 3.42. The monoisotopic (exact) mass is 296 g/mol. The lowest BCUT2D eigenvalue weighted by Gasteiger charge is -2.24. The Morgan fingerprint density at radius 2 is 2.09 bits per heavy atom. The lowest BCUT2D eigenvalue weighted by molar-refractivity contribution is -0.127. The van der Waals surface area contributed by atoms with Gasteiger partial charge in [0.1, 0.15) is 30.1 Å². The molecule has 0 fully saturated rings. The van der Waals surface area contributed by atoms with Crippen LogP contribution in [0.2, 0.25) is 0 Å². The highest BCUT2D eigenvalue weighted by molar-refractivity contribution is 5.99. The van der Waals surface area contributed by atoms with E-state index in [9.17, 15) is 4.79 Å². The van der Waals surface area contributed by atoms with Gasteiger partial charge in [0.05, 0.1) is 11.1 Å². The van der Waals surface area contributed by atoms with Crippen LogP contribution in [0.5, 0.6) is 5.75 Å². The lowest BCUT2D eigenvalue weighted by Crippen LogP contribution is -2.39. The number of carbonyl (C=O) groups excluding carboxylic acids is 1. The number of nitriles is 2. The molecule has 1 amide bonds. The molecule has 6 nitrogen and oxygen atoms in total. The van der Waals surface area contributed by atoms with Crippen molar-refractivity contribution in [2.45, 2.75) is 13.8 Å². The second-order valence-electron chi connectivity index (χ2n) is 5.65. The second-order valence-corrected chi connectivity index (χ2v) is 5.65. The van der Waals surface area contributed by atoms with E-state index in [1.165, 1.54) is 6.20 Å². The van der Waals surface area contributed by atoms with Crippen LogP contribution in [0, 0.1) is 28.1 Å². The van der Waals surface area contributed by atoms with Gasteiger partial charge in [0.15, 0.2) is 0 Å².